The van der Waals surface area contributed by atoms with Crippen molar-refractivity contribution in [1.29, 1.82) is 0 Å². The minimum absolute atomic E-state index is 0.0396. The summed E-state index contributed by atoms with van der Waals surface area (Å²) in [5.41, 5.74) is 21.1. The van der Waals surface area contributed by atoms with E-state index in [1.54, 1.807) is 16.7 Å². The lowest BCUT2D eigenvalue weighted by atomic mass is 9.49. The number of rotatable bonds is 6. The van der Waals surface area contributed by atoms with Crippen LogP contribution in [0.4, 0.5) is 17.1 Å². The number of fused-ring (bicyclic) bond motifs is 8. The van der Waals surface area contributed by atoms with Crippen LogP contribution in [0.3, 0.4) is 0 Å². The van der Waals surface area contributed by atoms with E-state index in [4.69, 9.17) is 0 Å². The van der Waals surface area contributed by atoms with Crippen molar-refractivity contribution >= 4 is 17.1 Å². The molecule has 5 aliphatic carbocycles. The Morgan fingerprint density at radius 2 is 1.05 bits per heavy atom. The maximum absolute atomic E-state index is 2.68. The van der Waals surface area contributed by atoms with Crippen molar-refractivity contribution in [3.63, 3.8) is 0 Å². The first kappa shape index (κ1) is 35.3. The fourth-order valence-corrected chi connectivity index (χ4v) is 13.5. The molecule has 2 spiro atoms. The molecular formula is C58H53N. The average molecular weight is 764 g/mol. The summed E-state index contributed by atoms with van der Waals surface area (Å²) >= 11 is 0. The van der Waals surface area contributed by atoms with Gasteiger partial charge in [-0.25, -0.2) is 0 Å². The summed E-state index contributed by atoms with van der Waals surface area (Å²) in [6.45, 7) is 2.44. The molecule has 0 aromatic heterocycles. The van der Waals surface area contributed by atoms with E-state index in [-0.39, 0.29) is 10.8 Å². The molecule has 0 radical (unpaired) electrons. The van der Waals surface area contributed by atoms with Gasteiger partial charge in [-0.2, -0.15) is 0 Å². The summed E-state index contributed by atoms with van der Waals surface area (Å²) in [5.74, 6) is 2.13. The lowest BCUT2D eigenvalue weighted by Crippen LogP contribution is -2.49. The second-order valence-electron chi connectivity index (χ2n) is 18.6. The van der Waals surface area contributed by atoms with Gasteiger partial charge in [0.05, 0.1) is 5.69 Å². The first-order chi connectivity index (χ1) is 29.2. The largest absolute Gasteiger partial charge is 0.310 e. The van der Waals surface area contributed by atoms with Gasteiger partial charge < -0.3 is 4.90 Å². The molecule has 0 saturated heterocycles. The van der Waals surface area contributed by atoms with E-state index in [2.05, 4.69) is 176 Å². The van der Waals surface area contributed by atoms with E-state index in [0.717, 1.165) is 5.92 Å². The van der Waals surface area contributed by atoms with Crippen LogP contribution in [0.2, 0.25) is 0 Å². The molecule has 3 saturated carbocycles. The third-order valence-electron chi connectivity index (χ3n) is 16.0. The molecule has 290 valence electrons. The van der Waals surface area contributed by atoms with Crippen LogP contribution in [-0.4, -0.2) is 0 Å². The van der Waals surface area contributed by atoms with E-state index in [9.17, 15) is 0 Å². The van der Waals surface area contributed by atoms with Gasteiger partial charge in [0.15, 0.2) is 0 Å². The minimum Gasteiger partial charge on any atom is -0.310 e. The molecule has 7 aromatic rings. The molecule has 2 unspecified atom stereocenters. The van der Waals surface area contributed by atoms with Crippen molar-refractivity contribution in [3.05, 3.63) is 186 Å². The Balaban J connectivity index is 1.09. The Labute approximate surface area is 350 Å². The number of hydrogen-bond acceptors (Lipinski definition) is 1. The molecule has 5 aliphatic rings. The monoisotopic (exact) mass is 763 g/mol. The molecule has 3 fully saturated rings. The molecular weight excluding hydrogens is 711 g/mol. The lowest BCUT2D eigenvalue weighted by Gasteiger charge is -2.55. The Morgan fingerprint density at radius 3 is 1.76 bits per heavy atom. The maximum Gasteiger partial charge on any atom is 0.0540 e. The minimum atomic E-state index is 0.0396. The number of hydrogen-bond donors (Lipinski definition) is 0. The van der Waals surface area contributed by atoms with Crippen LogP contribution in [0.5, 0.6) is 0 Å². The first-order valence-corrected chi connectivity index (χ1v) is 22.7. The van der Waals surface area contributed by atoms with E-state index in [1.807, 2.05) is 0 Å². The predicted octanol–water partition coefficient (Wildman–Crippen LogP) is 15.8. The lowest BCUT2D eigenvalue weighted by molar-refractivity contribution is 0.0492. The molecule has 2 atom stereocenters. The van der Waals surface area contributed by atoms with Gasteiger partial charge in [0.25, 0.3) is 0 Å². The molecule has 1 nitrogen and oxygen atoms in total. The third-order valence-corrected chi connectivity index (χ3v) is 16.0. The van der Waals surface area contributed by atoms with Gasteiger partial charge in [0, 0.05) is 27.8 Å². The predicted molar refractivity (Wildman–Crippen MR) is 247 cm³/mol. The van der Waals surface area contributed by atoms with Crippen molar-refractivity contribution < 1.29 is 0 Å². The highest BCUT2D eigenvalue weighted by Gasteiger charge is 2.57. The quantitative estimate of drug-likeness (QED) is 0.163. The van der Waals surface area contributed by atoms with Crippen molar-refractivity contribution in [2.75, 3.05) is 4.90 Å². The highest BCUT2D eigenvalue weighted by Crippen LogP contribution is 2.66. The van der Waals surface area contributed by atoms with E-state index in [1.165, 1.54) is 131 Å². The van der Waals surface area contributed by atoms with Gasteiger partial charge in [-0.1, -0.05) is 160 Å². The summed E-state index contributed by atoms with van der Waals surface area (Å²) in [4.78, 5) is 2.63. The van der Waals surface area contributed by atoms with Crippen LogP contribution in [0, 0.1) is 17.8 Å². The molecule has 0 heterocycles. The topological polar surface area (TPSA) is 3.24 Å². The van der Waals surface area contributed by atoms with Crippen LogP contribution in [-0.2, 0) is 10.8 Å². The van der Waals surface area contributed by atoms with Crippen LogP contribution < -0.4 is 4.90 Å². The van der Waals surface area contributed by atoms with Crippen molar-refractivity contribution in [1.82, 2.24) is 0 Å². The first-order valence-electron chi connectivity index (χ1n) is 22.7. The molecule has 0 aliphatic heterocycles. The number of anilines is 3. The van der Waals surface area contributed by atoms with Gasteiger partial charge in [-0.05, 0) is 154 Å². The van der Waals surface area contributed by atoms with Crippen molar-refractivity contribution in [3.8, 4) is 44.5 Å². The fraction of sp³-hybridized carbons (Fsp3) is 0.276. The smallest absolute Gasteiger partial charge is 0.0540 e. The Bertz CT molecular complexity index is 2700. The number of para-hydroxylation sites is 1. The summed E-state index contributed by atoms with van der Waals surface area (Å²) in [7, 11) is 0. The molecule has 12 rings (SSSR count). The zero-order valence-electron chi connectivity index (χ0n) is 34.3. The van der Waals surface area contributed by atoms with E-state index in [0.29, 0.717) is 11.8 Å². The van der Waals surface area contributed by atoms with Crippen molar-refractivity contribution in [2.24, 2.45) is 17.8 Å². The Morgan fingerprint density at radius 1 is 0.458 bits per heavy atom. The normalized spacial score (nSPS) is 22.8. The summed E-state index contributed by atoms with van der Waals surface area (Å²) in [5, 5.41) is 0. The van der Waals surface area contributed by atoms with Crippen LogP contribution in [0.1, 0.15) is 93.4 Å². The Hall–Kier alpha value is -5.66. The van der Waals surface area contributed by atoms with Gasteiger partial charge in [-0.15, -0.1) is 0 Å². The van der Waals surface area contributed by atoms with Gasteiger partial charge in [0.2, 0.25) is 0 Å². The molecule has 0 N–H and O–H groups in total. The van der Waals surface area contributed by atoms with E-state index < -0.39 is 0 Å². The molecule has 7 aromatic carbocycles. The van der Waals surface area contributed by atoms with Gasteiger partial charge in [0.1, 0.15) is 0 Å². The zero-order valence-corrected chi connectivity index (χ0v) is 34.3. The third kappa shape index (κ3) is 5.16. The number of benzene rings is 7. The zero-order chi connectivity index (χ0) is 39.1. The van der Waals surface area contributed by atoms with Crippen LogP contribution >= 0.6 is 0 Å². The average Bonchev–Trinajstić information content (AvgIpc) is 3.97. The summed E-state index contributed by atoms with van der Waals surface area (Å²) < 4.78 is 0. The maximum atomic E-state index is 2.68. The summed E-state index contributed by atoms with van der Waals surface area (Å²) in [6.07, 6.45) is 13.0. The van der Waals surface area contributed by atoms with Gasteiger partial charge in [-0.3, -0.25) is 0 Å². The SMILES string of the molecule is CCC1CC2CCCC(C1)C21c2ccc(-c3ccccc3)cc2-c2ccc(N(c3ccc4c(c3)C3(CCCC3)c3ccccc3-4)c3ccccc3-c3ccccc3)cc21. The fourth-order valence-electron chi connectivity index (χ4n) is 13.5. The van der Waals surface area contributed by atoms with Crippen molar-refractivity contribution in [2.45, 2.75) is 82.0 Å². The summed E-state index contributed by atoms with van der Waals surface area (Å²) in [6, 6.07) is 63.2. The molecule has 0 amide bonds. The molecule has 2 bridgehead atoms. The highest BCUT2D eigenvalue weighted by molar-refractivity contribution is 5.93. The van der Waals surface area contributed by atoms with Gasteiger partial charge >= 0.3 is 0 Å². The van der Waals surface area contributed by atoms with Crippen LogP contribution in [0.25, 0.3) is 44.5 Å². The highest BCUT2D eigenvalue weighted by atomic mass is 15.1. The van der Waals surface area contributed by atoms with E-state index >= 15 is 0 Å². The standard InChI is InChI=1S/C58H53N/c1-2-39-34-43-20-15-21-44(35-39)58(43)53-31-26-42(40-16-5-3-6-17-40)36-51(53)50-30-28-46(38-55(50)58)59(56-25-12-10-22-47(56)41-18-7-4-8-19-41)45-27-29-49-48-23-9-11-24-52(48)57(54(49)37-45)32-13-14-33-57/h3-12,16-19,22-31,36-39,43-44H,2,13-15,20-21,32-35H2,1H3. The Kier molecular flexibility index (Phi) is 8.20. The number of nitrogens with zero attached hydrogens (tertiary/aromatic N) is 1. The second-order valence-corrected chi connectivity index (χ2v) is 18.6. The van der Waals surface area contributed by atoms with Crippen LogP contribution in [0.15, 0.2) is 164 Å². The molecule has 59 heavy (non-hydrogen) atoms. The molecule has 1 heteroatoms. The second kappa shape index (κ2) is 13.7.